The lowest BCUT2D eigenvalue weighted by atomic mass is 10.4. The lowest BCUT2D eigenvalue weighted by molar-refractivity contribution is 0.715. The van der Waals surface area contributed by atoms with E-state index in [0.717, 1.165) is 24.2 Å². The Labute approximate surface area is 95.4 Å². The van der Waals surface area contributed by atoms with Crippen LogP contribution in [-0.2, 0) is 0 Å². The molecule has 0 unspecified atom stereocenters. The van der Waals surface area contributed by atoms with Crippen molar-refractivity contribution in [3.63, 3.8) is 0 Å². The molecule has 15 heavy (non-hydrogen) atoms. The van der Waals surface area contributed by atoms with E-state index in [1.165, 1.54) is 4.63 Å². The Morgan fingerprint density at radius 3 is 3.07 bits per heavy atom. The van der Waals surface area contributed by atoms with Crippen molar-refractivity contribution >= 4 is 27.4 Å². The highest BCUT2D eigenvalue weighted by Crippen LogP contribution is 2.10. The van der Waals surface area contributed by atoms with Crippen LogP contribution in [0.3, 0.4) is 0 Å². The largest absolute Gasteiger partial charge is 0.355 e. The minimum atomic E-state index is 0.661. The number of rotatable bonds is 4. The quantitative estimate of drug-likeness (QED) is 0.768. The van der Waals surface area contributed by atoms with E-state index in [2.05, 4.69) is 48.4 Å². The standard InChI is InChI=1S/C8H11BrN6/c1-2-14(6-5-9)8-4-3-7-10-12-13-15(7)11-8/h3-4H,2,5-6H2,1H3. The molecule has 0 N–H and O–H groups in total. The van der Waals surface area contributed by atoms with E-state index in [9.17, 15) is 0 Å². The summed E-state index contributed by atoms with van der Waals surface area (Å²) in [5.41, 5.74) is 0.661. The maximum absolute atomic E-state index is 4.31. The van der Waals surface area contributed by atoms with Gasteiger partial charge in [-0.2, -0.15) is 0 Å². The van der Waals surface area contributed by atoms with Crippen LogP contribution in [0.15, 0.2) is 12.1 Å². The first kappa shape index (κ1) is 10.3. The molecule has 0 spiro atoms. The van der Waals surface area contributed by atoms with E-state index >= 15 is 0 Å². The van der Waals surface area contributed by atoms with E-state index in [-0.39, 0.29) is 0 Å². The minimum Gasteiger partial charge on any atom is -0.355 e. The number of nitrogens with zero attached hydrogens (tertiary/aromatic N) is 6. The molecule has 0 fully saturated rings. The van der Waals surface area contributed by atoms with Crippen molar-refractivity contribution in [1.29, 1.82) is 0 Å². The van der Waals surface area contributed by atoms with Gasteiger partial charge in [-0.3, -0.25) is 0 Å². The Morgan fingerprint density at radius 2 is 2.33 bits per heavy atom. The molecule has 80 valence electrons. The average molecular weight is 271 g/mol. The fourth-order valence-electron chi connectivity index (χ4n) is 1.35. The number of halogens is 1. The summed E-state index contributed by atoms with van der Waals surface area (Å²) < 4.78 is 1.44. The second-order valence-electron chi connectivity index (χ2n) is 2.99. The van der Waals surface area contributed by atoms with Gasteiger partial charge in [0, 0.05) is 18.4 Å². The predicted octanol–water partition coefficient (Wildman–Crippen LogP) is 0.740. The molecule has 7 heteroatoms. The normalized spacial score (nSPS) is 10.8. The Bertz CT molecular complexity index is 441. The number of hydrogen-bond acceptors (Lipinski definition) is 5. The molecule has 0 aliphatic rings. The molecule has 0 atom stereocenters. The van der Waals surface area contributed by atoms with Crippen LogP contribution in [0.2, 0.25) is 0 Å². The molecule has 0 aliphatic carbocycles. The van der Waals surface area contributed by atoms with Crippen molar-refractivity contribution in [1.82, 2.24) is 25.3 Å². The molecule has 0 saturated carbocycles. The first-order valence-corrected chi connectivity index (χ1v) is 5.83. The number of tetrazole rings is 1. The summed E-state index contributed by atoms with van der Waals surface area (Å²) in [7, 11) is 0. The summed E-state index contributed by atoms with van der Waals surface area (Å²) in [6, 6.07) is 3.79. The van der Waals surface area contributed by atoms with Gasteiger partial charge in [-0.15, -0.1) is 14.8 Å². The number of fused-ring (bicyclic) bond motifs is 1. The molecule has 2 aromatic heterocycles. The maximum Gasteiger partial charge on any atom is 0.200 e. The van der Waals surface area contributed by atoms with Gasteiger partial charge in [-0.1, -0.05) is 15.9 Å². The molecule has 2 aromatic rings. The molecule has 0 aliphatic heterocycles. The summed E-state index contributed by atoms with van der Waals surface area (Å²) in [6.07, 6.45) is 0. The average Bonchev–Trinajstić information content (AvgIpc) is 2.72. The van der Waals surface area contributed by atoms with Crippen LogP contribution in [-0.4, -0.2) is 43.7 Å². The monoisotopic (exact) mass is 270 g/mol. The molecule has 0 saturated heterocycles. The number of anilines is 1. The summed E-state index contributed by atoms with van der Waals surface area (Å²) in [4.78, 5) is 2.15. The molecule has 0 amide bonds. The van der Waals surface area contributed by atoms with Gasteiger partial charge in [-0.25, -0.2) is 0 Å². The van der Waals surface area contributed by atoms with Gasteiger partial charge in [0.2, 0.25) is 0 Å². The van der Waals surface area contributed by atoms with E-state index < -0.39 is 0 Å². The zero-order chi connectivity index (χ0) is 10.7. The van der Waals surface area contributed by atoms with Crippen molar-refractivity contribution in [3.8, 4) is 0 Å². The molecular formula is C8H11BrN6. The van der Waals surface area contributed by atoms with E-state index in [1.807, 2.05) is 12.1 Å². The Morgan fingerprint density at radius 1 is 1.47 bits per heavy atom. The van der Waals surface area contributed by atoms with E-state index in [1.54, 1.807) is 0 Å². The van der Waals surface area contributed by atoms with Crippen molar-refractivity contribution in [3.05, 3.63) is 12.1 Å². The highest BCUT2D eigenvalue weighted by molar-refractivity contribution is 9.09. The third-order valence-electron chi connectivity index (χ3n) is 2.12. The summed E-state index contributed by atoms with van der Waals surface area (Å²) in [5.74, 6) is 0.886. The molecule has 2 heterocycles. The second-order valence-corrected chi connectivity index (χ2v) is 3.78. The highest BCUT2D eigenvalue weighted by atomic mass is 79.9. The van der Waals surface area contributed by atoms with Crippen molar-refractivity contribution in [2.24, 2.45) is 0 Å². The van der Waals surface area contributed by atoms with E-state index in [4.69, 9.17) is 0 Å². The van der Waals surface area contributed by atoms with Gasteiger partial charge in [0.15, 0.2) is 11.5 Å². The Balaban J connectivity index is 2.33. The molecule has 6 nitrogen and oxygen atoms in total. The minimum absolute atomic E-state index is 0.661. The number of alkyl halides is 1. The zero-order valence-corrected chi connectivity index (χ0v) is 9.92. The lowest BCUT2D eigenvalue weighted by Gasteiger charge is -2.19. The Kier molecular flexibility index (Phi) is 3.10. The summed E-state index contributed by atoms with van der Waals surface area (Å²) >= 11 is 3.41. The molecule has 0 radical (unpaired) electrons. The second kappa shape index (κ2) is 4.52. The van der Waals surface area contributed by atoms with Crippen LogP contribution in [0.5, 0.6) is 0 Å². The van der Waals surface area contributed by atoms with Crippen LogP contribution in [0.4, 0.5) is 5.82 Å². The van der Waals surface area contributed by atoms with Crippen LogP contribution in [0.1, 0.15) is 6.92 Å². The first-order valence-electron chi connectivity index (χ1n) is 4.71. The van der Waals surface area contributed by atoms with Gasteiger partial charge in [-0.05, 0) is 29.5 Å². The third-order valence-corrected chi connectivity index (χ3v) is 2.47. The van der Waals surface area contributed by atoms with Crippen LogP contribution in [0, 0.1) is 0 Å². The number of hydrogen-bond donors (Lipinski definition) is 0. The first-order chi connectivity index (χ1) is 7.35. The number of aromatic nitrogens is 5. The van der Waals surface area contributed by atoms with Crippen LogP contribution < -0.4 is 4.90 Å². The summed E-state index contributed by atoms with van der Waals surface area (Å²) in [5, 5.41) is 16.3. The topological polar surface area (TPSA) is 59.2 Å². The smallest absolute Gasteiger partial charge is 0.200 e. The third kappa shape index (κ3) is 2.06. The van der Waals surface area contributed by atoms with Crippen LogP contribution >= 0.6 is 15.9 Å². The van der Waals surface area contributed by atoms with Gasteiger partial charge >= 0.3 is 0 Å². The van der Waals surface area contributed by atoms with Crippen molar-refractivity contribution < 1.29 is 0 Å². The molecule has 0 bridgehead atoms. The SMILES string of the molecule is CCN(CCBr)c1ccc2nnnn2n1. The van der Waals surface area contributed by atoms with Gasteiger partial charge in [0.25, 0.3) is 0 Å². The van der Waals surface area contributed by atoms with Crippen LogP contribution in [0.25, 0.3) is 5.65 Å². The zero-order valence-electron chi connectivity index (χ0n) is 8.34. The van der Waals surface area contributed by atoms with Crippen molar-refractivity contribution in [2.75, 3.05) is 23.3 Å². The molecule has 0 aromatic carbocycles. The van der Waals surface area contributed by atoms with E-state index in [0.29, 0.717) is 5.65 Å². The van der Waals surface area contributed by atoms with Gasteiger partial charge in [0.05, 0.1) is 0 Å². The van der Waals surface area contributed by atoms with Gasteiger partial charge in [0.1, 0.15) is 0 Å². The molecular weight excluding hydrogens is 260 g/mol. The fraction of sp³-hybridized carbons (Fsp3) is 0.500. The predicted molar refractivity (Wildman–Crippen MR) is 60.3 cm³/mol. The highest BCUT2D eigenvalue weighted by Gasteiger charge is 2.06. The summed E-state index contributed by atoms with van der Waals surface area (Å²) in [6.45, 7) is 3.91. The molecule has 2 rings (SSSR count). The Hall–Kier alpha value is -1.24. The fourth-order valence-corrected chi connectivity index (χ4v) is 1.77. The maximum atomic E-state index is 4.31. The van der Waals surface area contributed by atoms with Gasteiger partial charge < -0.3 is 4.90 Å². The lowest BCUT2D eigenvalue weighted by Crippen LogP contribution is -2.26. The van der Waals surface area contributed by atoms with Crippen molar-refractivity contribution in [2.45, 2.75) is 6.92 Å².